The van der Waals surface area contributed by atoms with Crippen molar-refractivity contribution in [2.45, 2.75) is 0 Å². The molecular weight excluding hydrogens is 188 g/mol. The molecule has 0 aliphatic carbocycles. The Morgan fingerprint density at radius 3 is 2.47 bits per heavy atom. The fraction of sp³-hybridized carbons (Fsp3) is 0. The minimum atomic E-state index is 0.775. The average molecular weight is 198 g/mol. The first-order chi connectivity index (χ1) is 7.40. The first-order valence-electron chi connectivity index (χ1n) is 4.59. The van der Waals surface area contributed by atoms with Gasteiger partial charge in [-0.3, -0.25) is 4.98 Å². The number of hydrogen-bond donors (Lipinski definition) is 1. The number of aromatic nitrogens is 1. The van der Waals surface area contributed by atoms with Crippen molar-refractivity contribution >= 4 is 6.21 Å². The molecule has 0 bridgehead atoms. The van der Waals surface area contributed by atoms with Gasteiger partial charge in [0.15, 0.2) is 0 Å². The number of pyridine rings is 1. The number of benzene rings is 1. The third-order valence-electron chi connectivity index (χ3n) is 2.06. The second-order valence-corrected chi connectivity index (χ2v) is 3.09. The van der Waals surface area contributed by atoms with E-state index in [9.17, 15) is 0 Å². The van der Waals surface area contributed by atoms with E-state index in [1.54, 1.807) is 6.20 Å². The fourth-order valence-corrected chi connectivity index (χ4v) is 1.33. The van der Waals surface area contributed by atoms with Crippen molar-refractivity contribution < 1.29 is 5.21 Å². The Bertz CT molecular complexity index is 449. The van der Waals surface area contributed by atoms with Gasteiger partial charge < -0.3 is 5.21 Å². The highest BCUT2D eigenvalue weighted by Gasteiger charge is 1.97. The number of nitrogens with zero attached hydrogens (tertiary/aromatic N) is 2. The molecule has 1 aromatic carbocycles. The molecule has 15 heavy (non-hydrogen) atoms. The van der Waals surface area contributed by atoms with Crippen LogP contribution >= 0.6 is 0 Å². The molecule has 0 radical (unpaired) electrons. The van der Waals surface area contributed by atoms with Gasteiger partial charge in [0.25, 0.3) is 0 Å². The van der Waals surface area contributed by atoms with E-state index >= 15 is 0 Å². The highest BCUT2D eigenvalue weighted by molar-refractivity contribution is 5.79. The summed E-state index contributed by atoms with van der Waals surface area (Å²) in [5, 5.41) is 11.3. The molecule has 0 atom stereocenters. The molecule has 0 aliphatic heterocycles. The first kappa shape index (κ1) is 9.40. The summed E-state index contributed by atoms with van der Waals surface area (Å²) in [6.45, 7) is 0. The largest absolute Gasteiger partial charge is 0.411 e. The molecule has 2 rings (SSSR count). The van der Waals surface area contributed by atoms with Crippen LogP contribution in [0, 0.1) is 0 Å². The molecule has 0 saturated carbocycles. The molecule has 2 aromatic rings. The van der Waals surface area contributed by atoms with Crippen LogP contribution in [-0.4, -0.2) is 16.4 Å². The maximum absolute atomic E-state index is 8.35. The molecule has 3 nitrogen and oxygen atoms in total. The molecule has 3 heteroatoms. The zero-order valence-corrected chi connectivity index (χ0v) is 8.04. The van der Waals surface area contributed by atoms with Crippen molar-refractivity contribution in [3.8, 4) is 11.3 Å². The van der Waals surface area contributed by atoms with Gasteiger partial charge in [0, 0.05) is 17.3 Å². The maximum Gasteiger partial charge on any atom is 0.0749 e. The molecule has 0 fully saturated rings. The second-order valence-electron chi connectivity index (χ2n) is 3.09. The maximum atomic E-state index is 8.35. The van der Waals surface area contributed by atoms with Gasteiger partial charge in [-0.2, -0.15) is 0 Å². The summed E-state index contributed by atoms with van der Waals surface area (Å²) in [4.78, 5) is 4.27. The van der Waals surface area contributed by atoms with Crippen LogP contribution in [0.5, 0.6) is 0 Å². The molecule has 0 amide bonds. The number of hydrogen-bond acceptors (Lipinski definition) is 3. The van der Waals surface area contributed by atoms with Gasteiger partial charge in [0.05, 0.1) is 11.9 Å². The van der Waals surface area contributed by atoms with Gasteiger partial charge in [-0.15, -0.1) is 0 Å². The smallest absolute Gasteiger partial charge is 0.0749 e. The van der Waals surface area contributed by atoms with Crippen molar-refractivity contribution in [3.63, 3.8) is 0 Å². The van der Waals surface area contributed by atoms with E-state index in [0.717, 1.165) is 16.8 Å². The van der Waals surface area contributed by atoms with Gasteiger partial charge >= 0.3 is 0 Å². The summed E-state index contributed by atoms with van der Waals surface area (Å²) in [5.41, 5.74) is 2.76. The molecule has 0 aliphatic rings. The topological polar surface area (TPSA) is 45.5 Å². The van der Waals surface area contributed by atoms with E-state index in [0.29, 0.717) is 0 Å². The van der Waals surface area contributed by atoms with Crippen LogP contribution in [0.25, 0.3) is 11.3 Å². The molecule has 1 heterocycles. The van der Waals surface area contributed by atoms with Crippen LogP contribution in [0.1, 0.15) is 5.56 Å². The van der Waals surface area contributed by atoms with Gasteiger partial charge in [-0.05, 0) is 12.1 Å². The summed E-state index contributed by atoms with van der Waals surface area (Å²) in [6, 6.07) is 13.7. The Morgan fingerprint density at radius 2 is 1.87 bits per heavy atom. The highest BCUT2D eigenvalue weighted by atomic mass is 16.4. The van der Waals surface area contributed by atoms with E-state index < -0.39 is 0 Å². The SMILES string of the molecule is O/N=C/c1ccc(-c2ccccc2)nc1. The fourth-order valence-electron chi connectivity index (χ4n) is 1.33. The minimum absolute atomic E-state index is 0.775. The van der Waals surface area contributed by atoms with E-state index in [-0.39, 0.29) is 0 Å². The quantitative estimate of drug-likeness (QED) is 0.458. The van der Waals surface area contributed by atoms with Crippen LogP contribution in [-0.2, 0) is 0 Å². The zero-order valence-electron chi connectivity index (χ0n) is 8.04. The Morgan fingerprint density at radius 1 is 1.07 bits per heavy atom. The summed E-state index contributed by atoms with van der Waals surface area (Å²) in [5.74, 6) is 0. The molecule has 1 aromatic heterocycles. The standard InChI is InChI=1S/C12H10N2O/c15-14-9-10-6-7-12(13-8-10)11-4-2-1-3-5-11/h1-9,15H/b14-9+. The van der Waals surface area contributed by atoms with Gasteiger partial charge in [-0.25, -0.2) is 0 Å². The van der Waals surface area contributed by atoms with E-state index in [4.69, 9.17) is 5.21 Å². The molecule has 1 N–H and O–H groups in total. The summed E-state index contributed by atoms with van der Waals surface area (Å²) < 4.78 is 0. The summed E-state index contributed by atoms with van der Waals surface area (Å²) in [7, 11) is 0. The van der Waals surface area contributed by atoms with E-state index in [1.165, 1.54) is 6.21 Å². The highest BCUT2D eigenvalue weighted by Crippen LogP contribution is 2.15. The second kappa shape index (κ2) is 4.37. The Hall–Kier alpha value is -2.16. The van der Waals surface area contributed by atoms with Gasteiger partial charge in [-0.1, -0.05) is 35.5 Å². The lowest BCUT2D eigenvalue weighted by Gasteiger charge is -1.99. The number of rotatable bonds is 2. The third kappa shape index (κ3) is 2.20. The molecule has 0 spiro atoms. The van der Waals surface area contributed by atoms with E-state index in [1.807, 2.05) is 42.5 Å². The van der Waals surface area contributed by atoms with Crippen LogP contribution in [0.4, 0.5) is 0 Å². The summed E-state index contributed by atoms with van der Waals surface area (Å²) in [6.07, 6.45) is 3.02. The predicted octanol–water partition coefficient (Wildman–Crippen LogP) is 2.56. The van der Waals surface area contributed by atoms with Crippen molar-refractivity contribution in [1.29, 1.82) is 0 Å². The lowest BCUT2D eigenvalue weighted by molar-refractivity contribution is 0.322. The van der Waals surface area contributed by atoms with Gasteiger partial charge in [0.2, 0.25) is 0 Å². The van der Waals surface area contributed by atoms with E-state index in [2.05, 4.69) is 10.1 Å². The predicted molar refractivity (Wildman–Crippen MR) is 59.1 cm³/mol. The first-order valence-corrected chi connectivity index (χ1v) is 4.59. The van der Waals surface area contributed by atoms with Crippen LogP contribution in [0.15, 0.2) is 53.8 Å². The van der Waals surface area contributed by atoms with Crippen molar-refractivity contribution in [1.82, 2.24) is 4.98 Å². The summed E-state index contributed by atoms with van der Waals surface area (Å²) >= 11 is 0. The Kier molecular flexibility index (Phi) is 2.74. The Labute approximate surface area is 87.7 Å². The zero-order chi connectivity index (χ0) is 10.5. The van der Waals surface area contributed by atoms with Gasteiger partial charge in [0.1, 0.15) is 0 Å². The van der Waals surface area contributed by atoms with Crippen LogP contribution in [0.3, 0.4) is 0 Å². The third-order valence-corrected chi connectivity index (χ3v) is 2.06. The number of oxime groups is 1. The van der Waals surface area contributed by atoms with Crippen molar-refractivity contribution in [2.75, 3.05) is 0 Å². The van der Waals surface area contributed by atoms with Crippen LogP contribution < -0.4 is 0 Å². The monoisotopic (exact) mass is 198 g/mol. The van der Waals surface area contributed by atoms with Crippen molar-refractivity contribution in [3.05, 3.63) is 54.2 Å². The average Bonchev–Trinajstić information content (AvgIpc) is 2.32. The van der Waals surface area contributed by atoms with Crippen molar-refractivity contribution in [2.24, 2.45) is 5.16 Å². The molecular formula is C12H10N2O. The molecule has 74 valence electrons. The lowest BCUT2D eigenvalue weighted by atomic mass is 10.1. The normalized spacial score (nSPS) is 10.7. The molecule has 0 saturated heterocycles. The lowest BCUT2D eigenvalue weighted by Crippen LogP contribution is -1.86. The molecule has 0 unspecified atom stereocenters. The Balaban J connectivity index is 2.32. The van der Waals surface area contributed by atoms with Crippen LogP contribution in [0.2, 0.25) is 0 Å². The minimum Gasteiger partial charge on any atom is -0.411 e.